The van der Waals surface area contributed by atoms with Crippen LogP contribution in [0.4, 0.5) is 39.1 Å². The number of nitrogen functional groups attached to an aromatic ring is 1. The number of hydrogen-bond acceptors (Lipinski definition) is 8. The van der Waals surface area contributed by atoms with Crippen molar-refractivity contribution in [1.29, 1.82) is 0 Å². The van der Waals surface area contributed by atoms with Crippen LogP contribution in [0.25, 0.3) is 16.6 Å². The molecule has 5 rings (SSSR count). The Morgan fingerprint density at radius 3 is 2.62 bits per heavy atom. The largest absolute Gasteiger partial charge is 0.416 e. The molecule has 15 heteroatoms. The van der Waals surface area contributed by atoms with Crippen LogP contribution in [0.5, 0.6) is 0 Å². The highest BCUT2D eigenvalue weighted by atomic mass is 19.4. The molecule has 0 saturated carbocycles. The summed E-state index contributed by atoms with van der Waals surface area (Å²) in [5, 5.41) is 19.0. The number of rotatable bonds is 8. The summed E-state index contributed by atoms with van der Waals surface area (Å²) in [4.78, 5) is 19.2. The van der Waals surface area contributed by atoms with Crippen molar-refractivity contribution in [3.8, 4) is 11.1 Å². The number of ether oxygens (including phenoxy) is 1. The Balaban J connectivity index is 1.41. The molecule has 1 amide bonds. The van der Waals surface area contributed by atoms with Crippen molar-refractivity contribution >= 4 is 28.6 Å². The van der Waals surface area contributed by atoms with Crippen LogP contribution in [-0.2, 0) is 10.9 Å². The predicted octanol–water partition coefficient (Wildman–Crippen LogP) is 4.33. The number of carbonyl (C=O) groups excluding carboxylic acids is 1. The summed E-state index contributed by atoms with van der Waals surface area (Å²) in [5.74, 6) is -2.16. The molecule has 2 aromatic carbocycles. The third kappa shape index (κ3) is 5.65. The number of benzene rings is 2. The van der Waals surface area contributed by atoms with Gasteiger partial charge >= 0.3 is 6.18 Å². The molecule has 2 aromatic heterocycles. The van der Waals surface area contributed by atoms with Crippen molar-refractivity contribution in [2.24, 2.45) is 0 Å². The van der Waals surface area contributed by atoms with Gasteiger partial charge in [0.05, 0.1) is 29.6 Å². The first-order valence-corrected chi connectivity index (χ1v) is 12.8. The summed E-state index contributed by atoms with van der Waals surface area (Å²) < 4.78 is 74.8. The standard InChI is InChI=1S/C27H26F5N7O3/c1-42-12-16-3-2-8-38(16)25(40)22-11-17(23-24(33)34-13-35-39(22)23)14-4-7-20(19(29)9-14)36-26(41)37-21-10-15(27(30,31)32)5-6-18(21)28/h4-7,9-11,13,16,26,36-37,41H,2-3,8,12H2,1H3,(H2,33,34,35)/t16-,26?/m1/s1. The van der Waals surface area contributed by atoms with Gasteiger partial charge in [-0.15, -0.1) is 0 Å². The van der Waals surface area contributed by atoms with Crippen molar-refractivity contribution in [1.82, 2.24) is 19.5 Å². The quantitative estimate of drug-likeness (QED) is 0.176. The van der Waals surface area contributed by atoms with Gasteiger partial charge in [-0.25, -0.2) is 18.3 Å². The number of methoxy groups -OCH3 is 1. The summed E-state index contributed by atoms with van der Waals surface area (Å²) in [5.41, 5.74) is 5.27. The lowest BCUT2D eigenvalue weighted by Gasteiger charge is -2.23. The number of nitrogens with two attached hydrogens (primary N) is 1. The molecule has 1 aliphatic heterocycles. The third-order valence-corrected chi connectivity index (χ3v) is 6.96. The first-order valence-electron chi connectivity index (χ1n) is 12.8. The van der Waals surface area contributed by atoms with E-state index in [0.29, 0.717) is 42.5 Å². The SMILES string of the molecule is COC[C@H]1CCCN1C(=O)c1cc(-c2ccc(NC(O)Nc3cc(C(F)(F)F)ccc3F)c(F)c2)c2c(N)ncnn12. The Hall–Kier alpha value is -4.50. The summed E-state index contributed by atoms with van der Waals surface area (Å²) in [6, 6.07) is 6.93. The number of halogens is 5. The zero-order valence-electron chi connectivity index (χ0n) is 22.1. The van der Waals surface area contributed by atoms with Gasteiger partial charge in [-0.05, 0) is 54.8 Å². The van der Waals surface area contributed by atoms with Crippen LogP contribution in [0.3, 0.4) is 0 Å². The summed E-state index contributed by atoms with van der Waals surface area (Å²) in [6.45, 7) is 0.908. The van der Waals surface area contributed by atoms with Gasteiger partial charge in [-0.1, -0.05) is 6.07 Å². The van der Waals surface area contributed by atoms with Gasteiger partial charge in [-0.2, -0.15) is 18.3 Å². The number of likely N-dealkylation sites (tertiary alicyclic amines) is 1. The van der Waals surface area contributed by atoms with E-state index in [1.54, 1.807) is 18.1 Å². The van der Waals surface area contributed by atoms with E-state index in [9.17, 15) is 27.5 Å². The van der Waals surface area contributed by atoms with Crippen LogP contribution >= 0.6 is 0 Å². The van der Waals surface area contributed by atoms with Crippen molar-refractivity contribution in [2.75, 3.05) is 36.6 Å². The van der Waals surface area contributed by atoms with E-state index in [4.69, 9.17) is 10.5 Å². The van der Waals surface area contributed by atoms with Crippen LogP contribution in [0.2, 0.25) is 0 Å². The Bertz CT molecular complexity index is 1630. The smallest absolute Gasteiger partial charge is 0.383 e. The topological polar surface area (TPSA) is 130 Å². The minimum Gasteiger partial charge on any atom is -0.383 e. The van der Waals surface area contributed by atoms with Crippen molar-refractivity contribution in [3.63, 3.8) is 0 Å². The Kier molecular flexibility index (Phi) is 7.88. The maximum atomic E-state index is 15.2. The first-order chi connectivity index (χ1) is 20.0. The number of alkyl halides is 3. The van der Waals surface area contributed by atoms with E-state index in [0.717, 1.165) is 18.9 Å². The Morgan fingerprint density at radius 1 is 1.14 bits per heavy atom. The number of nitrogens with zero attached hydrogens (tertiary/aromatic N) is 4. The van der Waals surface area contributed by atoms with Gasteiger partial charge in [0.1, 0.15) is 29.2 Å². The zero-order valence-corrected chi connectivity index (χ0v) is 22.1. The molecule has 2 atom stereocenters. The van der Waals surface area contributed by atoms with E-state index in [1.165, 1.54) is 23.0 Å². The molecule has 0 spiro atoms. The summed E-state index contributed by atoms with van der Waals surface area (Å²) in [6.07, 6.45) is -3.78. The average molecular weight is 592 g/mol. The molecular formula is C27H26F5N7O3. The second-order valence-electron chi connectivity index (χ2n) is 9.68. The molecule has 42 heavy (non-hydrogen) atoms. The highest BCUT2D eigenvalue weighted by Gasteiger charge is 2.33. The first kappa shape index (κ1) is 29.0. The molecule has 1 aliphatic rings. The monoisotopic (exact) mass is 591 g/mol. The molecule has 0 bridgehead atoms. The Morgan fingerprint density at radius 2 is 1.90 bits per heavy atom. The zero-order chi connectivity index (χ0) is 30.2. The van der Waals surface area contributed by atoms with Crippen LogP contribution in [0.15, 0.2) is 48.8 Å². The molecule has 5 N–H and O–H groups in total. The van der Waals surface area contributed by atoms with Crippen molar-refractivity contribution < 1.29 is 36.6 Å². The van der Waals surface area contributed by atoms with E-state index in [2.05, 4.69) is 20.7 Å². The normalized spacial score (nSPS) is 16.2. The second kappa shape index (κ2) is 11.4. The van der Waals surface area contributed by atoms with Gasteiger partial charge in [0.15, 0.2) is 5.82 Å². The molecule has 4 aromatic rings. The number of carbonyl (C=O) groups is 1. The van der Waals surface area contributed by atoms with Gasteiger partial charge in [-0.3, -0.25) is 4.79 Å². The number of nitrogens with one attached hydrogen (secondary N) is 2. The molecule has 3 heterocycles. The van der Waals surface area contributed by atoms with Crippen LogP contribution in [-0.4, -0.2) is 63.2 Å². The minimum absolute atomic E-state index is 0.0549. The van der Waals surface area contributed by atoms with Crippen molar-refractivity contribution in [2.45, 2.75) is 31.4 Å². The van der Waals surface area contributed by atoms with Gasteiger partial charge in [0.2, 0.25) is 6.35 Å². The number of amides is 1. The van der Waals surface area contributed by atoms with E-state index in [-0.39, 0.29) is 34.7 Å². The second-order valence-corrected chi connectivity index (χ2v) is 9.68. The molecule has 10 nitrogen and oxygen atoms in total. The number of fused-ring (bicyclic) bond motifs is 1. The lowest BCUT2D eigenvalue weighted by atomic mass is 10.1. The molecule has 1 saturated heterocycles. The molecule has 0 radical (unpaired) electrons. The average Bonchev–Trinajstić information content (AvgIpc) is 3.56. The van der Waals surface area contributed by atoms with Crippen LogP contribution in [0, 0.1) is 11.6 Å². The van der Waals surface area contributed by atoms with E-state index < -0.39 is 35.4 Å². The molecule has 1 fully saturated rings. The molecule has 222 valence electrons. The number of aromatic nitrogens is 3. The third-order valence-electron chi connectivity index (χ3n) is 6.96. The number of anilines is 3. The lowest BCUT2D eigenvalue weighted by Crippen LogP contribution is -2.38. The van der Waals surface area contributed by atoms with Gasteiger partial charge in [0, 0.05) is 19.2 Å². The van der Waals surface area contributed by atoms with Gasteiger partial charge in [0.25, 0.3) is 5.91 Å². The summed E-state index contributed by atoms with van der Waals surface area (Å²) >= 11 is 0. The fourth-order valence-corrected chi connectivity index (χ4v) is 5.00. The van der Waals surface area contributed by atoms with Gasteiger partial charge < -0.3 is 31.1 Å². The highest BCUT2D eigenvalue weighted by molar-refractivity contribution is 6.00. The summed E-state index contributed by atoms with van der Waals surface area (Å²) in [7, 11) is 1.56. The maximum Gasteiger partial charge on any atom is 0.416 e. The van der Waals surface area contributed by atoms with Crippen molar-refractivity contribution in [3.05, 3.63) is 71.7 Å². The fourth-order valence-electron chi connectivity index (χ4n) is 5.00. The van der Waals surface area contributed by atoms with Crippen LogP contribution in [0.1, 0.15) is 28.9 Å². The molecule has 0 aliphatic carbocycles. The molecular weight excluding hydrogens is 565 g/mol. The highest BCUT2D eigenvalue weighted by Crippen LogP contribution is 2.34. The Labute approximate surface area is 235 Å². The van der Waals surface area contributed by atoms with Crippen LogP contribution < -0.4 is 16.4 Å². The predicted molar refractivity (Wildman–Crippen MR) is 143 cm³/mol. The minimum atomic E-state index is -4.73. The fraction of sp³-hybridized carbons (Fsp3) is 0.296. The molecule has 1 unspecified atom stereocenters. The number of aliphatic hydroxyl groups excluding tert-OH is 1. The number of hydrogen-bond donors (Lipinski definition) is 4. The van der Waals surface area contributed by atoms with E-state index in [1.807, 2.05) is 0 Å². The number of aliphatic hydroxyl groups is 1. The maximum absolute atomic E-state index is 15.2. The lowest BCUT2D eigenvalue weighted by molar-refractivity contribution is -0.137. The van der Waals surface area contributed by atoms with E-state index >= 15 is 4.39 Å².